The van der Waals surface area contributed by atoms with E-state index in [9.17, 15) is 9.59 Å². The first-order chi connectivity index (χ1) is 8.29. The highest BCUT2D eigenvalue weighted by molar-refractivity contribution is 5.84. The first-order valence-corrected chi connectivity index (χ1v) is 5.87. The van der Waals surface area contributed by atoms with Crippen LogP contribution in [0.25, 0.3) is 0 Å². The average molecular weight is 249 g/mol. The minimum Gasteiger partial charge on any atom is -0.479 e. The lowest BCUT2D eigenvalue weighted by Gasteiger charge is -2.20. The van der Waals surface area contributed by atoms with Gasteiger partial charge in [-0.3, -0.25) is 4.79 Å². The predicted octanol–water partition coefficient (Wildman–Crippen LogP) is 2.36. The van der Waals surface area contributed by atoms with E-state index in [0.717, 1.165) is 0 Å². The van der Waals surface area contributed by atoms with Crippen molar-refractivity contribution in [1.29, 1.82) is 0 Å². The van der Waals surface area contributed by atoms with Crippen LogP contribution in [0.5, 0.6) is 0 Å². The fourth-order valence-electron chi connectivity index (χ4n) is 1.63. The van der Waals surface area contributed by atoms with E-state index in [2.05, 4.69) is 5.32 Å². The monoisotopic (exact) mass is 249 g/mol. The van der Waals surface area contributed by atoms with Gasteiger partial charge in [-0.2, -0.15) is 0 Å². The second kappa shape index (κ2) is 5.67. The molecular weight excluding hydrogens is 230 g/mol. The van der Waals surface area contributed by atoms with Crippen molar-refractivity contribution in [2.24, 2.45) is 5.41 Å². The fraction of sp³-hybridized carbons (Fsp3) is 0.429. The largest absolute Gasteiger partial charge is 0.479 e. The number of carboxylic acids is 1. The first kappa shape index (κ1) is 14.2. The second-order valence-corrected chi connectivity index (χ2v) is 5.49. The number of hydrogen-bond acceptors (Lipinski definition) is 2. The highest BCUT2D eigenvalue weighted by Crippen LogP contribution is 2.19. The van der Waals surface area contributed by atoms with Crippen LogP contribution in [0.15, 0.2) is 30.3 Å². The third kappa shape index (κ3) is 4.57. The molecule has 0 fully saturated rings. The number of rotatable bonds is 4. The third-order valence-corrected chi connectivity index (χ3v) is 2.38. The van der Waals surface area contributed by atoms with Crippen LogP contribution >= 0.6 is 0 Å². The van der Waals surface area contributed by atoms with E-state index in [0.29, 0.717) is 12.0 Å². The minimum absolute atomic E-state index is 0.163. The van der Waals surface area contributed by atoms with Crippen LogP contribution < -0.4 is 5.32 Å². The Kier molecular flexibility index (Phi) is 4.48. The zero-order valence-electron chi connectivity index (χ0n) is 10.9. The van der Waals surface area contributed by atoms with E-state index < -0.39 is 12.0 Å². The van der Waals surface area contributed by atoms with Crippen LogP contribution in [0.1, 0.15) is 38.8 Å². The Labute approximate surface area is 107 Å². The number of amides is 1. The lowest BCUT2D eigenvalue weighted by molar-refractivity contribution is -0.142. The van der Waals surface area contributed by atoms with Crippen molar-refractivity contribution in [3.8, 4) is 0 Å². The Hall–Kier alpha value is -1.84. The number of carbonyl (C=O) groups excluding carboxylic acids is 1. The van der Waals surface area contributed by atoms with Gasteiger partial charge in [-0.05, 0) is 11.0 Å². The van der Waals surface area contributed by atoms with Gasteiger partial charge in [0, 0.05) is 6.42 Å². The van der Waals surface area contributed by atoms with Crippen molar-refractivity contribution in [1.82, 2.24) is 5.32 Å². The van der Waals surface area contributed by atoms with E-state index in [1.807, 2.05) is 20.8 Å². The molecule has 1 aromatic rings. The molecule has 2 N–H and O–H groups in total. The number of benzene rings is 1. The number of carboxylic acid groups (broad SMARTS) is 1. The molecule has 0 saturated carbocycles. The highest BCUT2D eigenvalue weighted by Gasteiger charge is 2.24. The third-order valence-electron chi connectivity index (χ3n) is 2.38. The lowest BCUT2D eigenvalue weighted by atomic mass is 9.91. The molecular formula is C14H19NO3. The Morgan fingerprint density at radius 2 is 1.78 bits per heavy atom. The van der Waals surface area contributed by atoms with Crippen LogP contribution in [-0.4, -0.2) is 17.0 Å². The van der Waals surface area contributed by atoms with Gasteiger partial charge in [0.25, 0.3) is 0 Å². The maximum absolute atomic E-state index is 11.8. The number of carbonyl (C=O) groups is 2. The topological polar surface area (TPSA) is 66.4 Å². The second-order valence-electron chi connectivity index (χ2n) is 5.49. The molecule has 0 saturated heterocycles. The SMILES string of the molecule is CC(C)(C)CC(=O)N[C@@H](C(=O)O)c1ccccc1. The van der Waals surface area contributed by atoms with Crippen LogP contribution in [0.2, 0.25) is 0 Å². The van der Waals surface area contributed by atoms with E-state index >= 15 is 0 Å². The van der Waals surface area contributed by atoms with Crippen LogP contribution in [0, 0.1) is 5.41 Å². The summed E-state index contributed by atoms with van der Waals surface area (Å²) in [5.74, 6) is -1.30. The molecule has 18 heavy (non-hydrogen) atoms. The van der Waals surface area contributed by atoms with Gasteiger partial charge < -0.3 is 10.4 Å². The lowest BCUT2D eigenvalue weighted by Crippen LogP contribution is -2.35. The predicted molar refractivity (Wildman–Crippen MR) is 69.0 cm³/mol. The van der Waals surface area contributed by atoms with Gasteiger partial charge in [0.1, 0.15) is 0 Å². The summed E-state index contributed by atoms with van der Waals surface area (Å²) in [7, 11) is 0. The summed E-state index contributed by atoms with van der Waals surface area (Å²) < 4.78 is 0. The summed E-state index contributed by atoms with van der Waals surface area (Å²) in [5.41, 5.74) is 0.413. The zero-order valence-corrected chi connectivity index (χ0v) is 10.9. The molecule has 0 aromatic heterocycles. The van der Waals surface area contributed by atoms with Crippen molar-refractivity contribution < 1.29 is 14.7 Å². The standard InChI is InChI=1S/C14H19NO3/c1-14(2,3)9-11(16)15-12(13(17)18)10-7-5-4-6-8-10/h4-8,12H,9H2,1-3H3,(H,15,16)(H,17,18)/t12-/m1/s1. The molecule has 0 radical (unpaired) electrons. The van der Waals surface area contributed by atoms with Gasteiger partial charge in [-0.25, -0.2) is 4.79 Å². The molecule has 0 aliphatic rings. The van der Waals surface area contributed by atoms with Crippen LogP contribution in [-0.2, 0) is 9.59 Å². The van der Waals surface area contributed by atoms with Crippen LogP contribution in [0.3, 0.4) is 0 Å². The summed E-state index contributed by atoms with van der Waals surface area (Å²) in [6, 6.07) is 7.70. The summed E-state index contributed by atoms with van der Waals surface area (Å²) in [4.78, 5) is 23.0. The molecule has 0 aliphatic carbocycles. The van der Waals surface area contributed by atoms with Crippen molar-refractivity contribution >= 4 is 11.9 Å². The van der Waals surface area contributed by atoms with E-state index in [1.165, 1.54) is 0 Å². The summed E-state index contributed by atoms with van der Waals surface area (Å²) in [5, 5.41) is 11.7. The van der Waals surface area contributed by atoms with Crippen LogP contribution in [0.4, 0.5) is 0 Å². The van der Waals surface area contributed by atoms with Gasteiger partial charge in [-0.15, -0.1) is 0 Å². The number of aliphatic carboxylic acids is 1. The molecule has 98 valence electrons. The quantitative estimate of drug-likeness (QED) is 0.860. The molecule has 1 aromatic carbocycles. The zero-order chi connectivity index (χ0) is 13.8. The van der Waals surface area contributed by atoms with E-state index in [1.54, 1.807) is 30.3 Å². The van der Waals surface area contributed by atoms with E-state index in [-0.39, 0.29) is 11.3 Å². The fourth-order valence-corrected chi connectivity index (χ4v) is 1.63. The number of hydrogen-bond donors (Lipinski definition) is 2. The van der Waals surface area contributed by atoms with Crippen molar-refractivity contribution in [3.63, 3.8) is 0 Å². The molecule has 1 atom stereocenters. The Morgan fingerprint density at radius 1 is 1.22 bits per heavy atom. The van der Waals surface area contributed by atoms with Gasteiger partial charge >= 0.3 is 5.97 Å². The Bertz CT molecular complexity index is 420. The molecule has 0 bridgehead atoms. The van der Waals surface area contributed by atoms with Crippen molar-refractivity contribution in [3.05, 3.63) is 35.9 Å². The highest BCUT2D eigenvalue weighted by atomic mass is 16.4. The van der Waals surface area contributed by atoms with Crippen molar-refractivity contribution in [2.45, 2.75) is 33.2 Å². The molecule has 1 rings (SSSR count). The summed E-state index contributed by atoms with van der Waals surface area (Å²) >= 11 is 0. The molecule has 4 heteroatoms. The molecule has 1 amide bonds. The van der Waals surface area contributed by atoms with Gasteiger partial charge in [0.05, 0.1) is 0 Å². The van der Waals surface area contributed by atoms with Crippen molar-refractivity contribution in [2.75, 3.05) is 0 Å². The van der Waals surface area contributed by atoms with Gasteiger partial charge in [0.15, 0.2) is 6.04 Å². The first-order valence-electron chi connectivity index (χ1n) is 5.87. The minimum atomic E-state index is -1.05. The molecule has 0 aliphatic heterocycles. The van der Waals surface area contributed by atoms with Gasteiger partial charge in [-0.1, -0.05) is 51.1 Å². The molecule has 4 nitrogen and oxygen atoms in total. The Morgan fingerprint density at radius 3 is 2.22 bits per heavy atom. The molecule has 0 unspecified atom stereocenters. The molecule has 0 spiro atoms. The summed E-state index contributed by atoms with van der Waals surface area (Å²) in [6.45, 7) is 5.81. The Balaban J connectivity index is 2.77. The summed E-state index contributed by atoms with van der Waals surface area (Å²) in [6.07, 6.45) is 0.295. The normalized spacial score (nSPS) is 12.8. The smallest absolute Gasteiger partial charge is 0.330 e. The average Bonchev–Trinajstić information content (AvgIpc) is 2.24. The molecule has 0 heterocycles. The van der Waals surface area contributed by atoms with Gasteiger partial charge in [0.2, 0.25) is 5.91 Å². The maximum atomic E-state index is 11.8. The maximum Gasteiger partial charge on any atom is 0.330 e. The van der Waals surface area contributed by atoms with E-state index in [4.69, 9.17) is 5.11 Å². The number of nitrogens with one attached hydrogen (secondary N) is 1.